The Morgan fingerprint density at radius 1 is 1.29 bits per heavy atom. The number of nitrogens with zero attached hydrogens (tertiary/aromatic N) is 2. The average molecular weight is 433 g/mol. The maximum Gasteiger partial charge on any atom is 0.375 e. The van der Waals surface area contributed by atoms with Gasteiger partial charge in [0.05, 0.1) is 6.20 Å². The van der Waals surface area contributed by atoms with Crippen molar-refractivity contribution in [3.8, 4) is 0 Å². The molecule has 0 radical (unpaired) electrons. The fourth-order valence-electron chi connectivity index (χ4n) is 2.78. The largest absolute Gasteiger partial charge is 0.375 e. The Labute approximate surface area is 161 Å². The highest BCUT2D eigenvalue weighted by Crippen LogP contribution is 2.70. The Morgan fingerprint density at radius 2 is 1.89 bits per heavy atom. The van der Waals surface area contributed by atoms with E-state index in [1.165, 1.54) is 12.3 Å². The fraction of sp³-hybridized carbons (Fsp3) is 0.375. The Bertz CT molecular complexity index is 956. The van der Waals surface area contributed by atoms with Crippen LogP contribution >= 0.6 is 15.2 Å². The van der Waals surface area contributed by atoms with Gasteiger partial charge in [-0.05, 0) is 36.1 Å². The summed E-state index contributed by atoms with van der Waals surface area (Å²) < 4.78 is 37.7. The number of allylic oxidation sites excluding steroid dienone is 1. The second-order valence-electron chi connectivity index (χ2n) is 6.57. The molecule has 2 aromatic heterocycles. The van der Waals surface area contributed by atoms with Crippen molar-refractivity contribution in [1.29, 1.82) is 0 Å². The van der Waals surface area contributed by atoms with E-state index in [2.05, 4.69) is 15.2 Å². The number of nitrogens with one attached hydrogen (secondary N) is 1. The van der Waals surface area contributed by atoms with Crippen molar-refractivity contribution in [2.75, 3.05) is 0 Å². The molecule has 0 amide bonds. The first-order valence-corrected chi connectivity index (χ1v) is 11.5. The van der Waals surface area contributed by atoms with E-state index >= 15 is 0 Å². The van der Waals surface area contributed by atoms with Gasteiger partial charge in [-0.2, -0.15) is 5.10 Å². The molecule has 9 nitrogen and oxygen atoms in total. The lowest BCUT2D eigenvalue weighted by Crippen LogP contribution is -2.26. The quantitative estimate of drug-likeness (QED) is 0.417. The molecule has 0 atom stereocenters. The summed E-state index contributed by atoms with van der Waals surface area (Å²) in [7, 11) is -11.6. The number of H-pyrrole nitrogens is 1. The van der Waals surface area contributed by atoms with Crippen LogP contribution in [-0.2, 0) is 15.6 Å². The third kappa shape index (κ3) is 4.33. The predicted octanol–water partition coefficient (Wildman–Crippen LogP) is 2.90. The van der Waals surface area contributed by atoms with Gasteiger partial charge < -0.3 is 19.6 Å². The van der Waals surface area contributed by atoms with E-state index in [-0.39, 0.29) is 11.6 Å². The van der Waals surface area contributed by atoms with Crippen LogP contribution in [0.2, 0.25) is 0 Å². The van der Waals surface area contributed by atoms with Gasteiger partial charge in [-0.1, -0.05) is 19.9 Å². The molecule has 0 spiro atoms. The van der Waals surface area contributed by atoms with Gasteiger partial charge in [0.1, 0.15) is 0 Å². The van der Waals surface area contributed by atoms with Gasteiger partial charge in [-0.3, -0.25) is 19.2 Å². The number of hydrogen-bond acceptors (Lipinski definition) is 4. The molecule has 0 saturated heterocycles. The van der Waals surface area contributed by atoms with Crippen LogP contribution in [-0.4, -0.2) is 39.9 Å². The molecule has 5 N–H and O–H groups in total. The second kappa shape index (κ2) is 7.99. The maximum absolute atomic E-state index is 14.8. The molecule has 2 aromatic rings. The minimum Gasteiger partial charge on any atom is -0.322 e. The highest BCUT2D eigenvalue weighted by atomic mass is 31.2. The van der Waals surface area contributed by atoms with Crippen molar-refractivity contribution < 1.29 is 33.1 Å². The molecule has 28 heavy (non-hydrogen) atoms. The summed E-state index contributed by atoms with van der Waals surface area (Å²) in [6.07, 6.45) is 3.44. The Morgan fingerprint density at radius 3 is 2.39 bits per heavy atom. The minimum absolute atomic E-state index is 0.136. The van der Waals surface area contributed by atoms with Crippen molar-refractivity contribution in [2.24, 2.45) is 0 Å². The van der Waals surface area contributed by atoms with Gasteiger partial charge in [-0.15, -0.1) is 0 Å². The number of rotatable bonds is 7. The molecule has 0 bridgehead atoms. The van der Waals surface area contributed by atoms with Crippen LogP contribution in [0.5, 0.6) is 0 Å². The first-order valence-electron chi connectivity index (χ1n) is 8.27. The van der Waals surface area contributed by atoms with Crippen molar-refractivity contribution in [1.82, 2.24) is 15.2 Å². The summed E-state index contributed by atoms with van der Waals surface area (Å²) in [4.78, 5) is 40.6. The van der Waals surface area contributed by atoms with Gasteiger partial charge in [0.15, 0.2) is 0 Å². The van der Waals surface area contributed by atoms with Gasteiger partial charge in [0.25, 0.3) is 0 Å². The highest BCUT2D eigenvalue weighted by molar-refractivity contribution is 7.72. The third-order valence-corrected chi connectivity index (χ3v) is 7.92. The Kier molecular flexibility index (Phi) is 6.45. The van der Waals surface area contributed by atoms with E-state index in [0.29, 0.717) is 11.1 Å². The molecule has 0 fully saturated rings. The third-order valence-electron chi connectivity index (χ3n) is 4.25. The standard InChI is InChI=1S/C16H22FN3O6P2/c1-4-13(14-9-19-20-15(14)10(2)3)11-5-6-18-12(7-11)8-16(17,27(21,22)23)28(24,25)26/h4-7,9-10H,8H2,1-3H3,(H,19,20)(H2,21,22,23)(H2,24,25,26). The van der Waals surface area contributed by atoms with Crippen LogP contribution in [0.3, 0.4) is 0 Å². The van der Waals surface area contributed by atoms with Crippen LogP contribution in [0.15, 0.2) is 30.6 Å². The summed E-state index contributed by atoms with van der Waals surface area (Å²) in [6.45, 7) is 5.72. The summed E-state index contributed by atoms with van der Waals surface area (Å²) in [6, 6.07) is 2.94. The Balaban J connectivity index is 2.50. The normalized spacial score (nSPS) is 14.0. The van der Waals surface area contributed by atoms with Crippen molar-refractivity contribution in [2.45, 2.75) is 38.3 Å². The molecule has 0 saturated carbocycles. The smallest absolute Gasteiger partial charge is 0.322 e. The van der Waals surface area contributed by atoms with Crippen LogP contribution in [0.25, 0.3) is 5.57 Å². The molecule has 0 aliphatic heterocycles. The van der Waals surface area contributed by atoms with Crippen molar-refractivity contribution in [3.05, 3.63) is 53.1 Å². The molecule has 0 aliphatic rings. The highest BCUT2D eigenvalue weighted by Gasteiger charge is 2.61. The molecule has 12 heteroatoms. The van der Waals surface area contributed by atoms with Crippen LogP contribution in [0, 0.1) is 0 Å². The van der Waals surface area contributed by atoms with Gasteiger partial charge in [0.2, 0.25) is 0 Å². The molecular formula is C16H22FN3O6P2. The average Bonchev–Trinajstić information content (AvgIpc) is 3.03. The lowest BCUT2D eigenvalue weighted by Gasteiger charge is -2.26. The van der Waals surface area contributed by atoms with E-state index < -0.39 is 26.8 Å². The van der Waals surface area contributed by atoms with E-state index in [4.69, 9.17) is 0 Å². The van der Waals surface area contributed by atoms with E-state index in [1.54, 1.807) is 25.3 Å². The Hall–Kier alpha value is -1.67. The molecule has 0 aliphatic carbocycles. The number of halogens is 1. The predicted molar refractivity (Wildman–Crippen MR) is 101 cm³/mol. The first-order chi connectivity index (χ1) is 12.8. The van der Waals surface area contributed by atoms with E-state index in [9.17, 15) is 33.1 Å². The maximum atomic E-state index is 14.8. The monoisotopic (exact) mass is 433 g/mol. The second-order valence-corrected chi connectivity index (χ2v) is 10.5. The molecule has 0 unspecified atom stereocenters. The van der Waals surface area contributed by atoms with Crippen LogP contribution < -0.4 is 0 Å². The molecule has 2 rings (SSSR count). The zero-order chi connectivity index (χ0) is 21.3. The molecule has 2 heterocycles. The number of hydrogen-bond donors (Lipinski definition) is 5. The molecular weight excluding hydrogens is 411 g/mol. The summed E-state index contributed by atoms with van der Waals surface area (Å²) in [5, 5.41) is 2.89. The summed E-state index contributed by atoms with van der Waals surface area (Å²) in [5.41, 5.74) is 2.68. The minimum atomic E-state index is -5.79. The topological polar surface area (TPSA) is 157 Å². The van der Waals surface area contributed by atoms with Crippen molar-refractivity contribution in [3.63, 3.8) is 0 Å². The molecule has 154 valence electrons. The van der Waals surface area contributed by atoms with Gasteiger partial charge in [-0.25, -0.2) is 4.39 Å². The zero-order valence-corrected chi connectivity index (χ0v) is 17.2. The molecule has 0 aromatic carbocycles. The lowest BCUT2D eigenvalue weighted by atomic mass is 9.94. The number of pyridine rings is 1. The van der Waals surface area contributed by atoms with E-state index in [1.807, 2.05) is 13.8 Å². The number of aromatic nitrogens is 3. The SMILES string of the molecule is CC=C(c1ccnc(CC(F)(P(=O)(O)O)P(=O)(O)O)c1)c1cn[nH]c1C(C)C. The number of aromatic amines is 1. The van der Waals surface area contributed by atoms with Crippen LogP contribution in [0.1, 0.15) is 49.2 Å². The lowest BCUT2D eigenvalue weighted by molar-refractivity contribution is 0.221. The van der Waals surface area contributed by atoms with E-state index in [0.717, 1.165) is 11.3 Å². The van der Waals surface area contributed by atoms with Crippen molar-refractivity contribution >= 4 is 20.8 Å². The first kappa shape index (κ1) is 22.6. The summed E-state index contributed by atoms with van der Waals surface area (Å²) >= 11 is 0. The van der Waals surface area contributed by atoms with Gasteiger partial charge in [0, 0.05) is 29.6 Å². The zero-order valence-electron chi connectivity index (χ0n) is 15.4. The number of alkyl halides is 1. The van der Waals surface area contributed by atoms with Crippen LogP contribution in [0.4, 0.5) is 4.39 Å². The fourth-order valence-corrected chi connectivity index (χ4v) is 4.87. The van der Waals surface area contributed by atoms with Gasteiger partial charge >= 0.3 is 20.3 Å². The summed E-state index contributed by atoms with van der Waals surface area (Å²) in [5.74, 6) is 0.136.